The molecular formula is C14H21NO. The van der Waals surface area contributed by atoms with Crippen molar-refractivity contribution in [2.45, 2.75) is 32.2 Å². The van der Waals surface area contributed by atoms with Crippen LogP contribution in [0.3, 0.4) is 0 Å². The van der Waals surface area contributed by atoms with E-state index in [0.717, 1.165) is 32.5 Å². The van der Waals surface area contributed by atoms with Crippen molar-refractivity contribution in [1.82, 2.24) is 0 Å². The van der Waals surface area contributed by atoms with E-state index in [2.05, 4.69) is 31.2 Å². The van der Waals surface area contributed by atoms with Gasteiger partial charge in [-0.3, -0.25) is 0 Å². The van der Waals surface area contributed by atoms with Crippen LogP contribution in [-0.4, -0.2) is 13.2 Å². The van der Waals surface area contributed by atoms with E-state index in [1.807, 2.05) is 0 Å². The van der Waals surface area contributed by atoms with Gasteiger partial charge in [0.2, 0.25) is 0 Å². The van der Waals surface area contributed by atoms with Gasteiger partial charge in [0.15, 0.2) is 0 Å². The molecule has 2 atom stereocenters. The second-order valence-electron chi connectivity index (χ2n) is 4.59. The highest BCUT2D eigenvalue weighted by Gasteiger charge is 2.28. The Balaban J connectivity index is 1.87. The maximum Gasteiger partial charge on any atom is 0.0469 e. The molecule has 0 bridgehead atoms. The molecule has 0 saturated heterocycles. The Hall–Kier alpha value is -0.860. The number of fused-ring (bicyclic) bond motifs is 1. The fraction of sp³-hybridized carbons (Fsp3) is 0.571. The summed E-state index contributed by atoms with van der Waals surface area (Å²) in [6, 6.07) is 8.74. The van der Waals surface area contributed by atoms with Gasteiger partial charge in [0.05, 0.1) is 0 Å². The second kappa shape index (κ2) is 5.46. The van der Waals surface area contributed by atoms with Gasteiger partial charge < -0.3 is 10.5 Å². The lowest BCUT2D eigenvalue weighted by atomic mass is 9.98. The number of rotatable bonds is 5. The SMILES string of the molecule is CCCOCCC1Cc2ccccc2C1N. The van der Waals surface area contributed by atoms with Gasteiger partial charge in [0, 0.05) is 19.3 Å². The van der Waals surface area contributed by atoms with E-state index in [9.17, 15) is 0 Å². The molecule has 1 aromatic carbocycles. The number of benzene rings is 1. The monoisotopic (exact) mass is 219 g/mol. The highest BCUT2D eigenvalue weighted by atomic mass is 16.5. The van der Waals surface area contributed by atoms with Gasteiger partial charge in [-0.1, -0.05) is 31.2 Å². The summed E-state index contributed by atoms with van der Waals surface area (Å²) in [7, 11) is 0. The minimum absolute atomic E-state index is 0.210. The third-order valence-electron chi connectivity index (χ3n) is 3.39. The fourth-order valence-electron chi connectivity index (χ4n) is 2.47. The molecule has 1 aliphatic carbocycles. The Morgan fingerprint density at radius 2 is 2.12 bits per heavy atom. The van der Waals surface area contributed by atoms with Crippen LogP contribution in [-0.2, 0) is 11.2 Å². The van der Waals surface area contributed by atoms with Crippen LogP contribution in [0.25, 0.3) is 0 Å². The number of ether oxygens (including phenoxy) is 1. The van der Waals surface area contributed by atoms with Crippen molar-refractivity contribution >= 4 is 0 Å². The minimum atomic E-state index is 0.210. The molecule has 0 heterocycles. The van der Waals surface area contributed by atoms with Crippen molar-refractivity contribution in [3.05, 3.63) is 35.4 Å². The summed E-state index contributed by atoms with van der Waals surface area (Å²) in [5.74, 6) is 0.564. The summed E-state index contributed by atoms with van der Waals surface area (Å²) in [5, 5.41) is 0. The standard InChI is InChI=1S/C14H21NO/c1-2-8-16-9-7-12-10-11-5-3-4-6-13(11)14(12)15/h3-6,12,14H,2,7-10,15H2,1H3. The number of nitrogens with two attached hydrogens (primary N) is 1. The van der Waals surface area contributed by atoms with Gasteiger partial charge in [0.25, 0.3) is 0 Å². The molecule has 0 aliphatic heterocycles. The average Bonchev–Trinajstić information content (AvgIpc) is 2.63. The molecule has 0 spiro atoms. The predicted molar refractivity (Wildman–Crippen MR) is 66.3 cm³/mol. The Kier molecular flexibility index (Phi) is 3.97. The summed E-state index contributed by atoms with van der Waals surface area (Å²) < 4.78 is 5.54. The van der Waals surface area contributed by atoms with Gasteiger partial charge in [0.1, 0.15) is 0 Å². The molecule has 2 N–H and O–H groups in total. The molecule has 0 amide bonds. The first-order valence-corrected chi connectivity index (χ1v) is 6.24. The van der Waals surface area contributed by atoms with Crippen LogP contribution in [0, 0.1) is 5.92 Å². The first-order valence-electron chi connectivity index (χ1n) is 6.24. The molecule has 0 radical (unpaired) electrons. The van der Waals surface area contributed by atoms with Crippen molar-refractivity contribution in [2.75, 3.05) is 13.2 Å². The van der Waals surface area contributed by atoms with Crippen LogP contribution < -0.4 is 5.73 Å². The predicted octanol–water partition coefficient (Wildman–Crippen LogP) is 2.68. The third-order valence-corrected chi connectivity index (χ3v) is 3.39. The Morgan fingerprint density at radius 3 is 2.88 bits per heavy atom. The number of hydrogen-bond acceptors (Lipinski definition) is 2. The van der Waals surface area contributed by atoms with Crippen molar-refractivity contribution in [2.24, 2.45) is 11.7 Å². The van der Waals surface area contributed by atoms with Crippen LogP contribution in [0.2, 0.25) is 0 Å². The zero-order chi connectivity index (χ0) is 11.4. The summed E-state index contributed by atoms with van der Waals surface area (Å²) >= 11 is 0. The van der Waals surface area contributed by atoms with Crippen molar-refractivity contribution in [1.29, 1.82) is 0 Å². The van der Waals surface area contributed by atoms with Crippen LogP contribution in [0.15, 0.2) is 24.3 Å². The lowest BCUT2D eigenvalue weighted by Gasteiger charge is -2.15. The van der Waals surface area contributed by atoms with E-state index in [4.69, 9.17) is 10.5 Å². The average molecular weight is 219 g/mol. The van der Waals surface area contributed by atoms with Crippen molar-refractivity contribution in [3.63, 3.8) is 0 Å². The molecule has 2 nitrogen and oxygen atoms in total. The topological polar surface area (TPSA) is 35.2 Å². The Bertz CT molecular complexity index is 337. The normalized spacial score (nSPS) is 23.4. The molecule has 88 valence electrons. The fourth-order valence-corrected chi connectivity index (χ4v) is 2.47. The van der Waals surface area contributed by atoms with E-state index < -0.39 is 0 Å². The molecule has 0 fully saturated rings. The highest BCUT2D eigenvalue weighted by Crippen LogP contribution is 2.35. The molecule has 0 saturated carbocycles. The molecule has 2 rings (SSSR count). The van der Waals surface area contributed by atoms with Gasteiger partial charge >= 0.3 is 0 Å². The van der Waals surface area contributed by atoms with Crippen LogP contribution in [0.5, 0.6) is 0 Å². The lowest BCUT2D eigenvalue weighted by molar-refractivity contribution is 0.118. The summed E-state index contributed by atoms with van der Waals surface area (Å²) in [6.45, 7) is 3.85. The minimum Gasteiger partial charge on any atom is -0.381 e. The molecule has 1 aliphatic rings. The molecule has 0 aromatic heterocycles. The van der Waals surface area contributed by atoms with Gasteiger partial charge in [-0.2, -0.15) is 0 Å². The maximum atomic E-state index is 6.25. The van der Waals surface area contributed by atoms with Gasteiger partial charge in [-0.25, -0.2) is 0 Å². The molecule has 1 aromatic rings. The molecular weight excluding hydrogens is 198 g/mol. The highest BCUT2D eigenvalue weighted by molar-refractivity contribution is 5.35. The zero-order valence-corrected chi connectivity index (χ0v) is 9.99. The van der Waals surface area contributed by atoms with Crippen LogP contribution in [0.4, 0.5) is 0 Å². The molecule has 2 heteroatoms. The summed E-state index contributed by atoms with van der Waals surface area (Å²) in [6.07, 6.45) is 3.29. The van der Waals surface area contributed by atoms with Crippen molar-refractivity contribution in [3.8, 4) is 0 Å². The maximum absolute atomic E-state index is 6.25. The van der Waals surface area contributed by atoms with E-state index in [1.165, 1.54) is 11.1 Å². The number of hydrogen-bond donors (Lipinski definition) is 1. The molecule has 2 unspecified atom stereocenters. The zero-order valence-electron chi connectivity index (χ0n) is 9.99. The largest absolute Gasteiger partial charge is 0.381 e. The van der Waals surface area contributed by atoms with Crippen LogP contribution in [0.1, 0.15) is 36.9 Å². The van der Waals surface area contributed by atoms with E-state index >= 15 is 0 Å². The van der Waals surface area contributed by atoms with E-state index in [0.29, 0.717) is 5.92 Å². The summed E-state index contributed by atoms with van der Waals surface area (Å²) in [4.78, 5) is 0. The smallest absolute Gasteiger partial charge is 0.0469 e. The molecule has 16 heavy (non-hydrogen) atoms. The lowest BCUT2D eigenvalue weighted by Crippen LogP contribution is -2.18. The van der Waals surface area contributed by atoms with Crippen molar-refractivity contribution < 1.29 is 4.74 Å². The van der Waals surface area contributed by atoms with Gasteiger partial charge in [-0.15, -0.1) is 0 Å². The summed E-state index contributed by atoms with van der Waals surface area (Å²) in [5.41, 5.74) is 9.01. The Labute approximate surface area is 97.8 Å². The Morgan fingerprint density at radius 1 is 1.31 bits per heavy atom. The quantitative estimate of drug-likeness (QED) is 0.773. The van der Waals surface area contributed by atoms with Crippen LogP contribution >= 0.6 is 0 Å². The first-order chi connectivity index (χ1) is 7.83. The second-order valence-corrected chi connectivity index (χ2v) is 4.59. The first kappa shape index (κ1) is 11.6. The van der Waals surface area contributed by atoms with E-state index in [-0.39, 0.29) is 6.04 Å². The van der Waals surface area contributed by atoms with Gasteiger partial charge in [-0.05, 0) is 36.3 Å². The van der Waals surface area contributed by atoms with E-state index in [1.54, 1.807) is 0 Å². The third kappa shape index (κ3) is 2.45.